The molecule has 2 unspecified atom stereocenters. The second-order valence-corrected chi connectivity index (χ2v) is 15.8. The summed E-state index contributed by atoms with van der Waals surface area (Å²) in [4.78, 5) is 115. The van der Waals surface area contributed by atoms with Crippen LogP contribution in [0.4, 0.5) is 4.79 Å². The summed E-state index contributed by atoms with van der Waals surface area (Å²) in [6.07, 6.45) is 0.221. The first-order chi connectivity index (χ1) is 30.7. The molecule has 4 amide bonds. The molecule has 64 heavy (non-hydrogen) atoms. The van der Waals surface area contributed by atoms with E-state index in [1.807, 2.05) is 39.0 Å². The fourth-order valence-electron chi connectivity index (χ4n) is 6.51. The largest absolute Gasteiger partial charge is 0.481 e. The van der Waals surface area contributed by atoms with Gasteiger partial charge in [-0.3, -0.25) is 53.2 Å². The fourth-order valence-corrected chi connectivity index (χ4v) is 6.77. The molecule has 1 saturated heterocycles. The molecule has 2 atom stereocenters. The fraction of sp³-hybridized carbons (Fsp3) is 0.625. The molecule has 0 saturated carbocycles. The zero-order valence-corrected chi connectivity index (χ0v) is 37.4. The summed E-state index contributed by atoms with van der Waals surface area (Å²) in [5.41, 5.74) is 0.888. The van der Waals surface area contributed by atoms with Gasteiger partial charge in [-0.05, 0) is 49.8 Å². The van der Waals surface area contributed by atoms with Crippen LogP contribution in [0.25, 0.3) is 0 Å². The molecule has 2 rings (SSSR count). The number of rotatable bonds is 30. The minimum atomic E-state index is -1.48. The number of benzene rings is 1. The number of aliphatic carboxylic acids is 3. The van der Waals surface area contributed by atoms with E-state index in [4.69, 9.17) is 19.3 Å². The Morgan fingerprint density at radius 3 is 1.80 bits per heavy atom. The lowest BCUT2D eigenvalue weighted by molar-refractivity contribution is -0.141. The summed E-state index contributed by atoms with van der Waals surface area (Å²) >= 11 is 3.41. The van der Waals surface area contributed by atoms with Gasteiger partial charge in [-0.1, -0.05) is 28.1 Å². The van der Waals surface area contributed by atoms with Crippen LogP contribution in [0.3, 0.4) is 0 Å². The number of amides is 4. The number of carboxylic acid groups (broad SMARTS) is 3. The monoisotopic (exact) mass is 972 g/mol. The van der Waals surface area contributed by atoms with E-state index in [2.05, 4.69) is 31.9 Å². The van der Waals surface area contributed by atoms with Crippen LogP contribution in [-0.2, 0) is 59.1 Å². The first-order valence-corrected chi connectivity index (χ1v) is 21.6. The number of hydrogen-bond acceptors (Lipinski definition) is 16. The lowest BCUT2D eigenvalue weighted by atomic mass is 10.1. The van der Waals surface area contributed by atoms with Crippen molar-refractivity contribution in [3.05, 3.63) is 34.3 Å². The predicted molar refractivity (Wildman–Crippen MR) is 229 cm³/mol. The zero-order valence-electron chi connectivity index (χ0n) is 35.8. The smallest absolute Gasteiger partial charge is 0.326 e. The molecule has 0 spiro atoms. The van der Waals surface area contributed by atoms with E-state index < -0.39 is 42.6 Å². The van der Waals surface area contributed by atoms with E-state index in [1.54, 1.807) is 9.80 Å². The number of carbonyl (C=O) groups is 9. The normalized spacial score (nSPS) is 15.5. The quantitative estimate of drug-likeness (QED) is 0.0254. The van der Waals surface area contributed by atoms with Gasteiger partial charge in [-0.2, -0.15) is 0 Å². The Labute approximate surface area is 379 Å². The topological polar surface area (TPSA) is 294 Å². The van der Waals surface area contributed by atoms with Crippen molar-refractivity contribution in [3.63, 3.8) is 0 Å². The number of nitrogens with one attached hydrogen (secondary N) is 3. The number of halogens is 1. The van der Waals surface area contributed by atoms with Gasteiger partial charge in [0, 0.05) is 95.7 Å². The van der Waals surface area contributed by atoms with Crippen LogP contribution in [0.1, 0.15) is 56.9 Å². The number of carboxylic acids is 3. The first-order valence-electron chi connectivity index (χ1n) is 20.8. The third-order valence-corrected chi connectivity index (χ3v) is 10.5. The molecule has 24 heteroatoms. The summed E-state index contributed by atoms with van der Waals surface area (Å²) in [6, 6.07) is 5.06. The van der Waals surface area contributed by atoms with Crippen LogP contribution in [0.15, 0.2) is 28.7 Å². The first kappa shape index (κ1) is 54.7. The van der Waals surface area contributed by atoms with Crippen molar-refractivity contribution in [1.29, 1.82) is 0 Å². The number of hydrogen-bond donors (Lipinski definition) is 6. The van der Waals surface area contributed by atoms with Gasteiger partial charge < -0.3 is 50.4 Å². The van der Waals surface area contributed by atoms with Crippen LogP contribution in [-0.4, -0.2) is 199 Å². The molecule has 1 aliphatic rings. The van der Waals surface area contributed by atoms with Gasteiger partial charge >= 0.3 is 23.9 Å². The Kier molecular flexibility index (Phi) is 27.6. The Morgan fingerprint density at radius 2 is 1.27 bits per heavy atom. The standard InChI is InChI=1S/C40H61BrN8O15/c41-32-9-7-31(8-10-32)23-49(14-4-2-5-35(64-30-52)44-40(61)43-33(39(59)60)11-12-37(55)56)36(54)6-1-3-13-42-34(53)24-45-15-16-46(25-38(57)58)18-20-48(27-63-29-51)22-21-47(19-17-45)26-62-28-50/h7-10,28-30,33,35H,1-6,11-27H2,(H,42,53)(H,55,56)(H,57,58)(H,59,60)(H2,43,44,61). The highest BCUT2D eigenvalue weighted by atomic mass is 79.9. The number of unbranched alkanes of at least 4 members (excludes halogenated alkanes) is 2. The lowest BCUT2D eigenvalue weighted by Crippen LogP contribution is -2.49. The molecule has 1 fully saturated rings. The Hall–Kier alpha value is -5.43. The summed E-state index contributed by atoms with van der Waals surface area (Å²) in [6.45, 7) is 4.83. The van der Waals surface area contributed by atoms with Crippen molar-refractivity contribution in [2.45, 2.75) is 70.2 Å². The van der Waals surface area contributed by atoms with Gasteiger partial charge in [0.2, 0.25) is 11.8 Å². The van der Waals surface area contributed by atoms with Gasteiger partial charge in [0.15, 0.2) is 6.23 Å². The minimum Gasteiger partial charge on any atom is -0.481 e. The molecule has 0 aromatic heterocycles. The van der Waals surface area contributed by atoms with E-state index in [9.17, 15) is 53.4 Å². The summed E-state index contributed by atoms with van der Waals surface area (Å²) in [7, 11) is 0. The van der Waals surface area contributed by atoms with Gasteiger partial charge in [0.1, 0.15) is 19.5 Å². The van der Waals surface area contributed by atoms with Crippen molar-refractivity contribution in [1.82, 2.24) is 40.4 Å². The zero-order chi connectivity index (χ0) is 47.1. The molecular formula is C40H61BrN8O15. The molecule has 1 heterocycles. The van der Waals surface area contributed by atoms with E-state index >= 15 is 0 Å². The van der Waals surface area contributed by atoms with Crippen molar-refractivity contribution >= 4 is 71.1 Å². The second kappa shape index (κ2) is 32.3. The average molecular weight is 974 g/mol. The van der Waals surface area contributed by atoms with E-state index in [0.29, 0.717) is 111 Å². The predicted octanol–water partition coefficient (Wildman–Crippen LogP) is -0.0820. The maximum absolute atomic E-state index is 13.5. The highest BCUT2D eigenvalue weighted by molar-refractivity contribution is 9.10. The van der Waals surface area contributed by atoms with Crippen molar-refractivity contribution in [3.8, 4) is 0 Å². The minimum absolute atomic E-state index is 0.0164. The molecule has 0 radical (unpaired) electrons. The third kappa shape index (κ3) is 25.0. The Bertz CT molecular complexity index is 1630. The molecule has 23 nitrogen and oxygen atoms in total. The van der Waals surface area contributed by atoms with Gasteiger partial charge in [-0.25, -0.2) is 9.59 Å². The summed E-state index contributed by atoms with van der Waals surface area (Å²) < 4.78 is 15.8. The molecule has 0 aliphatic carbocycles. The van der Waals surface area contributed by atoms with Crippen molar-refractivity contribution in [2.75, 3.05) is 92.0 Å². The molecule has 1 aromatic rings. The van der Waals surface area contributed by atoms with Crippen LogP contribution in [0.2, 0.25) is 0 Å². The van der Waals surface area contributed by atoms with Gasteiger partial charge in [0.25, 0.3) is 19.4 Å². The second-order valence-electron chi connectivity index (χ2n) is 14.9. The molecule has 6 N–H and O–H groups in total. The van der Waals surface area contributed by atoms with Gasteiger partial charge in [0.05, 0.1) is 13.1 Å². The highest BCUT2D eigenvalue weighted by Gasteiger charge is 2.24. The summed E-state index contributed by atoms with van der Waals surface area (Å²) in [5.74, 6) is -4.03. The maximum atomic E-state index is 13.5. The molecule has 0 bridgehead atoms. The molecule has 358 valence electrons. The number of nitrogens with zero attached hydrogens (tertiary/aromatic N) is 5. The summed E-state index contributed by atoms with van der Waals surface area (Å²) in [5, 5.41) is 35.1. The molecule has 1 aliphatic heterocycles. The van der Waals surface area contributed by atoms with Crippen LogP contribution in [0.5, 0.6) is 0 Å². The van der Waals surface area contributed by atoms with Crippen molar-refractivity contribution < 1.29 is 72.7 Å². The van der Waals surface area contributed by atoms with E-state index in [-0.39, 0.29) is 64.1 Å². The van der Waals surface area contributed by atoms with Crippen molar-refractivity contribution in [2.24, 2.45) is 0 Å². The Balaban J connectivity index is 1.94. The number of carbonyl (C=O) groups excluding carboxylic acids is 6. The van der Waals surface area contributed by atoms with Crippen LogP contribution >= 0.6 is 15.9 Å². The number of ether oxygens (including phenoxy) is 3. The molecular weight excluding hydrogens is 912 g/mol. The average Bonchev–Trinajstić information content (AvgIpc) is 3.24. The number of urea groups is 1. The van der Waals surface area contributed by atoms with Gasteiger partial charge in [-0.15, -0.1) is 0 Å². The maximum Gasteiger partial charge on any atom is 0.326 e. The molecule has 1 aromatic carbocycles. The van der Waals surface area contributed by atoms with E-state index in [0.717, 1.165) is 10.0 Å². The SMILES string of the molecule is O=COCN1CCN(COC=O)CCN(CC(=O)NCCCCC(=O)N(CCCCC(NC(=O)NC(CCC(=O)O)C(=O)O)OC=O)Cc2ccc(Br)cc2)CCN(CC(=O)O)CC1. The lowest BCUT2D eigenvalue weighted by Gasteiger charge is -2.33. The highest BCUT2D eigenvalue weighted by Crippen LogP contribution is 2.15. The third-order valence-electron chi connectivity index (χ3n) is 9.99. The van der Waals surface area contributed by atoms with Crippen LogP contribution < -0.4 is 16.0 Å². The van der Waals surface area contributed by atoms with Crippen LogP contribution in [0, 0.1) is 0 Å². The van der Waals surface area contributed by atoms with E-state index in [1.165, 1.54) is 0 Å². The Morgan fingerprint density at radius 1 is 0.688 bits per heavy atom.